The maximum atomic E-state index is 3.21. The van der Waals surface area contributed by atoms with Crippen LogP contribution in [0.15, 0.2) is 48.5 Å². The van der Waals surface area contributed by atoms with E-state index in [1.807, 2.05) is 30.3 Å². The van der Waals surface area contributed by atoms with Gasteiger partial charge in [-0.1, -0.05) is 47.7 Å². The van der Waals surface area contributed by atoms with Crippen LogP contribution in [0.2, 0.25) is 0 Å². The van der Waals surface area contributed by atoms with Gasteiger partial charge in [-0.05, 0) is 37.6 Å². The first-order valence-corrected chi connectivity index (χ1v) is 5.40. The highest BCUT2D eigenvalue weighted by atomic mass is 14.0. The zero-order valence-corrected chi connectivity index (χ0v) is 9.62. The van der Waals surface area contributed by atoms with Crippen LogP contribution in [-0.2, 0) is 0 Å². The Kier molecular flexibility index (Phi) is 3.08. The highest BCUT2D eigenvalue weighted by molar-refractivity contribution is 5.46. The summed E-state index contributed by atoms with van der Waals surface area (Å²) in [5, 5.41) is 0. The van der Waals surface area contributed by atoms with Crippen LogP contribution in [0.4, 0.5) is 0 Å². The van der Waals surface area contributed by atoms with Crippen LogP contribution in [0, 0.1) is 25.7 Å². The molecule has 0 radical (unpaired) electrons. The molecule has 0 saturated carbocycles. The van der Waals surface area contributed by atoms with Gasteiger partial charge in [0.1, 0.15) is 0 Å². The summed E-state index contributed by atoms with van der Waals surface area (Å²) in [5.74, 6) is 6.38. The summed E-state index contributed by atoms with van der Waals surface area (Å²) in [6, 6.07) is 16.4. The Bertz CT molecular complexity index is 539. The summed E-state index contributed by atoms with van der Waals surface area (Å²) in [4.78, 5) is 0. The maximum absolute atomic E-state index is 3.21. The van der Waals surface area contributed by atoms with Gasteiger partial charge in [-0.25, -0.2) is 0 Å². The molecule has 0 atom stereocenters. The van der Waals surface area contributed by atoms with E-state index < -0.39 is 0 Å². The molecule has 0 N–H and O–H groups in total. The molecule has 0 amide bonds. The molecule has 0 unspecified atom stereocenters. The minimum absolute atomic E-state index is 1.06. The Hall–Kier alpha value is -2.00. The Balaban J connectivity index is 2.31. The van der Waals surface area contributed by atoms with Gasteiger partial charge in [0.25, 0.3) is 0 Å². The topological polar surface area (TPSA) is 0 Å². The van der Waals surface area contributed by atoms with Crippen LogP contribution in [-0.4, -0.2) is 0 Å². The smallest absolute Gasteiger partial charge is 0.0278 e. The molecule has 0 heterocycles. The molecular weight excluding hydrogens is 192 g/mol. The lowest BCUT2D eigenvalue weighted by Crippen LogP contribution is -1.83. The van der Waals surface area contributed by atoms with Crippen molar-refractivity contribution in [3.8, 4) is 11.8 Å². The van der Waals surface area contributed by atoms with Crippen molar-refractivity contribution in [2.45, 2.75) is 13.8 Å². The molecule has 0 aliphatic rings. The second-order valence-corrected chi connectivity index (χ2v) is 3.93. The van der Waals surface area contributed by atoms with Crippen molar-refractivity contribution in [2.75, 3.05) is 0 Å². The normalized spacial score (nSPS) is 9.38. The monoisotopic (exact) mass is 206 g/mol. The van der Waals surface area contributed by atoms with E-state index in [0.717, 1.165) is 11.1 Å². The molecule has 0 aliphatic carbocycles. The van der Waals surface area contributed by atoms with E-state index in [1.165, 1.54) is 11.1 Å². The van der Waals surface area contributed by atoms with Crippen molar-refractivity contribution in [3.05, 3.63) is 70.8 Å². The van der Waals surface area contributed by atoms with Gasteiger partial charge in [0, 0.05) is 11.1 Å². The SMILES string of the molecule is Cc1ccc(C#Cc2ccccc2)c(C)c1. The molecule has 2 aromatic carbocycles. The first-order valence-electron chi connectivity index (χ1n) is 5.40. The molecule has 2 aromatic rings. The molecule has 2 rings (SSSR count). The first kappa shape index (κ1) is 10.5. The van der Waals surface area contributed by atoms with E-state index in [9.17, 15) is 0 Å². The minimum Gasteiger partial charge on any atom is -0.0622 e. The number of hydrogen-bond donors (Lipinski definition) is 0. The second-order valence-electron chi connectivity index (χ2n) is 3.93. The van der Waals surface area contributed by atoms with Crippen LogP contribution >= 0.6 is 0 Å². The average molecular weight is 206 g/mol. The first-order chi connectivity index (χ1) is 7.75. The highest BCUT2D eigenvalue weighted by Gasteiger charge is 1.93. The fourth-order valence-electron chi connectivity index (χ4n) is 1.61. The molecule has 0 saturated heterocycles. The van der Waals surface area contributed by atoms with Gasteiger partial charge in [-0.15, -0.1) is 0 Å². The van der Waals surface area contributed by atoms with E-state index in [0.29, 0.717) is 0 Å². The fourth-order valence-corrected chi connectivity index (χ4v) is 1.61. The number of benzene rings is 2. The predicted octanol–water partition coefficient (Wildman–Crippen LogP) is 3.70. The molecule has 0 bridgehead atoms. The summed E-state index contributed by atoms with van der Waals surface area (Å²) < 4.78 is 0. The van der Waals surface area contributed by atoms with Gasteiger partial charge in [0.2, 0.25) is 0 Å². The van der Waals surface area contributed by atoms with E-state index in [1.54, 1.807) is 0 Å². The third-order valence-electron chi connectivity index (χ3n) is 2.50. The summed E-state index contributed by atoms with van der Waals surface area (Å²) in [6.45, 7) is 4.20. The molecule has 0 heteroatoms. The summed E-state index contributed by atoms with van der Waals surface area (Å²) in [7, 11) is 0. The average Bonchev–Trinajstić information content (AvgIpc) is 2.29. The van der Waals surface area contributed by atoms with E-state index >= 15 is 0 Å². The fraction of sp³-hybridized carbons (Fsp3) is 0.125. The number of hydrogen-bond acceptors (Lipinski definition) is 0. The molecule has 0 aliphatic heterocycles. The third kappa shape index (κ3) is 2.52. The van der Waals surface area contributed by atoms with Crippen molar-refractivity contribution < 1.29 is 0 Å². The minimum atomic E-state index is 1.06. The van der Waals surface area contributed by atoms with Crippen molar-refractivity contribution in [3.63, 3.8) is 0 Å². The van der Waals surface area contributed by atoms with E-state index in [4.69, 9.17) is 0 Å². The lowest BCUT2D eigenvalue weighted by atomic mass is 10.1. The van der Waals surface area contributed by atoms with Gasteiger partial charge in [-0.3, -0.25) is 0 Å². The van der Waals surface area contributed by atoms with Crippen molar-refractivity contribution >= 4 is 0 Å². The van der Waals surface area contributed by atoms with E-state index in [2.05, 4.69) is 43.9 Å². The summed E-state index contributed by atoms with van der Waals surface area (Å²) >= 11 is 0. The number of rotatable bonds is 0. The van der Waals surface area contributed by atoms with Gasteiger partial charge in [-0.2, -0.15) is 0 Å². The predicted molar refractivity (Wildman–Crippen MR) is 68.3 cm³/mol. The van der Waals surface area contributed by atoms with Crippen molar-refractivity contribution in [2.24, 2.45) is 0 Å². The highest BCUT2D eigenvalue weighted by Crippen LogP contribution is 2.09. The van der Waals surface area contributed by atoms with Crippen LogP contribution in [0.5, 0.6) is 0 Å². The Morgan fingerprint density at radius 3 is 2.25 bits per heavy atom. The molecule has 0 nitrogen and oxygen atoms in total. The zero-order valence-electron chi connectivity index (χ0n) is 9.62. The summed E-state index contributed by atoms with van der Waals surface area (Å²) in [6.07, 6.45) is 0. The van der Waals surface area contributed by atoms with Gasteiger partial charge in [0.05, 0.1) is 0 Å². The molecular formula is C16H14. The molecule has 16 heavy (non-hydrogen) atoms. The van der Waals surface area contributed by atoms with Crippen LogP contribution in [0.1, 0.15) is 22.3 Å². The Morgan fingerprint density at radius 1 is 0.812 bits per heavy atom. The standard InChI is InChI=1S/C16H14/c1-13-8-10-16(14(2)12-13)11-9-15-6-4-3-5-7-15/h3-8,10,12H,1-2H3. The largest absolute Gasteiger partial charge is 0.0622 e. The lowest BCUT2D eigenvalue weighted by molar-refractivity contribution is 1.36. The van der Waals surface area contributed by atoms with Crippen LogP contribution in [0.3, 0.4) is 0 Å². The van der Waals surface area contributed by atoms with Crippen LogP contribution in [0.25, 0.3) is 0 Å². The molecule has 0 spiro atoms. The molecule has 78 valence electrons. The van der Waals surface area contributed by atoms with E-state index in [-0.39, 0.29) is 0 Å². The quantitative estimate of drug-likeness (QED) is 0.576. The lowest BCUT2D eigenvalue weighted by Gasteiger charge is -1.98. The Morgan fingerprint density at radius 2 is 1.56 bits per heavy atom. The van der Waals surface area contributed by atoms with Gasteiger partial charge >= 0.3 is 0 Å². The van der Waals surface area contributed by atoms with Crippen molar-refractivity contribution in [1.82, 2.24) is 0 Å². The Labute approximate surface area is 96.9 Å². The molecule has 0 fully saturated rings. The molecule has 0 aromatic heterocycles. The zero-order chi connectivity index (χ0) is 11.4. The van der Waals surface area contributed by atoms with Crippen molar-refractivity contribution in [1.29, 1.82) is 0 Å². The van der Waals surface area contributed by atoms with Gasteiger partial charge < -0.3 is 0 Å². The summed E-state index contributed by atoms with van der Waals surface area (Å²) in [5.41, 5.74) is 4.68. The maximum Gasteiger partial charge on any atom is 0.0278 e. The third-order valence-corrected chi connectivity index (χ3v) is 2.50. The second kappa shape index (κ2) is 4.68. The van der Waals surface area contributed by atoms with Crippen LogP contribution < -0.4 is 0 Å². The number of aryl methyl sites for hydroxylation is 2. The van der Waals surface area contributed by atoms with Gasteiger partial charge in [0.15, 0.2) is 0 Å².